The van der Waals surface area contributed by atoms with Gasteiger partial charge >= 0.3 is 0 Å². The van der Waals surface area contributed by atoms with Gasteiger partial charge in [-0.15, -0.1) is 0 Å². The summed E-state index contributed by atoms with van der Waals surface area (Å²) in [7, 11) is -3.54. The third-order valence-electron chi connectivity index (χ3n) is 3.01. The van der Waals surface area contributed by atoms with Gasteiger partial charge in [-0.1, -0.05) is 12.1 Å². The van der Waals surface area contributed by atoms with Gasteiger partial charge in [0.05, 0.1) is 4.90 Å². The molecule has 0 bridgehead atoms. The van der Waals surface area contributed by atoms with E-state index in [1.54, 1.807) is 31.3 Å². The topological polar surface area (TPSA) is 85.1 Å². The molecule has 20 heavy (non-hydrogen) atoms. The molecule has 6 heteroatoms. The SMILES string of the molecule is Cc1c(N)cccc1S(=O)(=O)NCCc1ccccn1. The highest BCUT2D eigenvalue weighted by molar-refractivity contribution is 7.89. The second-order valence-corrected chi connectivity index (χ2v) is 6.17. The molecule has 106 valence electrons. The number of benzene rings is 1. The molecule has 0 saturated heterocycles. The van der Waals surface area contributed by atoms with Crippen LogP contribution >= 0.6 is 0 Å². The van der Waals surface area contributed by atoms with Gasteiger partial charge in [0.1, 0.15) is 0 Å². The number of anilines is 1. The first-order valence-electron chi connectivity index (χ1n) is 6.25. The molecule has 0 radical (unpaired) electrons. The van der Waals surface area contributed by atoms with Gasteiger partial charge < -0.3 is 5.73 Å². The van der Waals surface area contributed by atoms with E-state index in [-0.39, 0.29) is 4.90 Å². The van der Waals surface area contributed by atoms with Crippen LogP contribution in [0.4, 0.5) is 5.69 Å². The predicted molar refractivity (Wildman–Crippen MR) is 78.7 cm³/mol. The summed E-state index contributed by atoms with van der Waals surface area (Å²) >= 11 is 0. The minimum Gasteiger partial charge on any atom is -0.398 e. The first kappa shape index (κ1) is 14.5. The monoisotopic (exact) mass is 291 g/mol. The second-order valence-electron chi connectivity index (χ2n) is 4.44. The van der Waals surface area contributed by atoms with Gasteiger partial charge in [-0.2, -0.15) is 0 Å². The first-order chi connectivity index (χ1) is 9.50. The third-order valence-corrected chi connectivity index (χ3v) is 4.62. The lowest BCUT2D eigenvalue weighted by Gasteiger charge is -2.10. The summed E-state index contributed by atoms with van der Waals surface area (Å²) in [5.74, 6) is 0. The van der Waals surface area contributed by atoms with Crippen molar-refractivity contribution < 1.29 is 8.42 Å². The largest absolute Gasteiger partial charge is 0.398 e. The van der Waals surface area contributed by atoms with Gasteiger partial charge in [-0.3, -0.25) is 4.98 Å². The summed E-state index contributed by atoms with van der Waals surface area (Å²) in [6.45, 7) is 2.00. The van der Waals surface area contributed by atoms with Crippen LogP contribution in [-0.2, 0) is 16.4 Å². The van der Waals surface area contributed by atoms with E-state index in [1.807, 2.05) is 18.2 Å². The lowest BCUT2D eigenvalue weighted by Crippen LogP contribution is -2.27. The molecule has 5 nitrogen and oxygen atoms in total. The van der Waals surface area contributed by atoms with Crippen molar-refractivity contribution in [3.63, 3.8) is 0 Å². The van der Waals surface area contributed by atoms with Crippen LogP contribution in [0.25, 0.3) is 0 Å². The molecule has 0 aliphatic carbocycles. The number of aromatic nitrogens is 1. The Hall–Kier alpha value is -1.92. The Kier molecular flexibility index (Phi) is 4.36. The van der Waals surface area contributed by atoms with E-state index in [9.17, 15) is 8.42 Å². The Morgan fingerprint density at radius 2 is 2.00 bits per heavy atom. The van der Waals surface area contributed by atoms with Crippen LogP contribution in [-0.4, -0.2) is 19.9 Å². The van der Waals surface area contributed by atoms with Crippen molar-refractivity contribution in [1.29, 1.82) is 0 Å². The maximum atomic E-state index is 12.2. The Morgan fingerprint density at radius 3 is 2.70 bits per heavy atom. The molecule has 1 heterocycles. The van der Waals surface area contributed by atoms with Crippen molar-refractivity contribution in [2.45, 2.75) is 18.2 Å². The normalized spacial score (nSPS) is 11.4. The molecular weight excluding hydrogens is 274 g/mol. The Balaban J connectivity index is 2.06. The molecule has 0 amide bonds. The molecule has 0 saturated carbocycles. The minimum atomic E-state index is -3.54. The molecule has 2 aromatic rings. The van der Waals surface area contributed by atoms with E-state index in [2.05, 4.69) is 9.71 Å². The Labute approximate surface area is 118 Å². The van der Waals surface area contributed by atoms with Crippen molar-refractivity contribution in [3.05, 3.63) is 53.9 Å². The van der Waals surface area contributed by atoms with Crippen LogP contribution in [0, 0.1) is 6.92 Å². The number of nitrogen functional groups attached to an aromatic ring is 1. The van der Waals surface area contributed by atoms with Crippen LogP contribution in [0.3, 0.4) is 0 Å². The van der Waals surface area contributed by atoms with E-state index in [0.717, 1.165) is 5.69 Å². The average Bonchev–Trinajstić information content (AvgIpc) is 2.42. The van der Waals surface area contributed by atoms with Crippen LogP contribution in [0.1, 0.15) is 11.3 Å². The molecule has 0 spiro atoms. The number of sulfonamides is 1. The van der Waals surface area contributed by atoms with Gasteiger partial charge in [-0.05, 0) is 36.8 Å². The van der Waals surface area contributed by atoms with Crippen molar-refractivity contribution in [1.82, 2.24) is 9.71 Å². The smallest absolute Gasteiger partial charge is 0.240 e. The van der Waals surface area contributed by atoms with E-state index in [4.69, 9.17) is 5.73 Å². The number of hydrogen-bond acceptors (Lipinski definition) is 4. The highest BCUT2D eigenvalue weighted by atomic mass is 32.2. The molecule has 0 atom stereocenters. The van der Waals surface area contributed by atoms with Gasteiger partial charge in [0.15, 0.2) is 0 Å². The van der Waals surface area contributed by atoms with Crippen LogP contribution in [0.15, 0.2) is 47.5 Å². The molecular formula is C14H17N3O2S. The van der Waals surface area contributed by atoms with Crippen molar-refractivity contribution in [2.24, 2.45) is 0 Å². The quantitative estimate of drug-likeness (QED) is 0.817. The first-order valence-corrected chi connectivity index (χ1v) is 7.74. The fourth-order valence-corrected chi connectivity index (χ4v) is 3.16. The summed E-state index contributed by atoms with van der Waals surface area (Å²) in [6, 6.07) is 10.4. The average molecular weight is 291 g/mol. The molecule has 1 aromatic heterocycles. The molecule has 0 fully saturated rings. The number of hydrogen-bond donors (Lipinski definition) is 2. The maximum absolute atomic E-state index is 12.2. The van der Waals surface area contributed by atoms with Crippen molar-refractivity contribution in [3.8, 4) is 0 Å². The van der Waals surface area contributed by atoms with Gasteiger partial charge in [0.2, 0.25) is 10.0 Å². The lowest BCUT2D eigenvalue weighted by atomic mass is 10.2. The Morgan fingerprint density at radius 1 is 1.20 bits per heavy atom. The summed E-state index contributed by atoms with van der Waals surface area (Å²) in [4.78, 5) is 4.37. The summed E-state index contributed by atoms with van der Waals surface area (Å²) < 4.78 is 27.0. The van der Waals surface area contributed by atoms with Gasteiger partial charge in [0.25, 0.3) is 0 Å². The molecule has 2 rings (SSSR count). The third kappa shape index (κ3) is 3.34. The van der Waals surface area contributed by atoms with Crippen LogP contribution < -0.4 is 10.5 Å². The van der Waals surface area contributed by atoms with Gasteiger partial charge in [0, 0.05) is 30.5 Å². The zero-order chi connectivity index (χ0) is 14.6. The van der Waals surface area contributed by atoms with Crippen molar-refractivity contribution in [2.75, 3.05) is 12.3 Å². The fourth-order valence-electron chi connectivity index (χ4n) is 1.86. The highest BCUT2D eigenvalue weighted by Gasteiger charge is 2.17. The van der Waals surface area contributed by atoms with E-state index < -0.39 is 10.0 Å². The second kappa shape index (κ2) is 6.02. The Bertz CT molecular complexity index is 685. The summed E-state index contributed by atoms with van der Waals surface area (Å²) in [5, 5.41) is 0. The van der Waals surface area contributed by atoms with Gasteiger partial charge in [-0.25, -0.2) is 13.1 Å². The summed E-state index contributed by atoms with van der Waals surface area (Å²) in [5.41, 5.74) is 7.62. The molecule has 3 N–H and O–H groups in total. The van der Waals surface area contributed by atoms with Crippen LogP contribution in [0.5, 0.6) is 0 Å². The number of rotatable bonds is 5. The molecule has 0 aliphatic rings. The van der Waals surface area contributed by atoms with E-state index in [1.165, 1.54) is 0 Å². The van der Waals surface area contributed by atoms with E-state index in [0.29, 0.717) is 24.2 Å². The highest BCUT2D eigenvalue weighted by Crippen LogP contribution is 2.20. The maximum Gasteiger partial charge on any atom is 0.240 e. The van der Waals surface area contributed by atoms with Crippen molar-refractivity contribution >= 4 is 15.7 Å². The number of nitrogens with zero attached hydrogens (tertiary/aromatic N) is 1. The summed E-state index contributed by atoms with van der Waals surface area (Å²) in [6.07, 6.45) is 2.23. The standard InChI is InChI=1S/C14H17N3O2S/c1-11-13(15)6-4-7-14(11)20(18,19)17-10-8-12-5-2-3-9-16-12/h2-7,9,17H,8,10,15H2,1H3. The predicted octanol–water partition coefficient (Wildman–Crippen LogP) is 1.49. The fraction of sp³-hybridized carbons (Fsp3) is 0.214. The molecule has 1 aromatic carbocycles. The minimum absolute atomic E-state index is 0.221. The van der Waals surface area contributed by atoms with E-state index >= 15 is 0 Å². The zero-order valence-corrected chi connectivity index (χ0v) is 12.0. The number of nitrogens with two attached hydrogens (primary N) is 1. The molecule has 0 aliphatic heterocycles. The number of pyridine rings is 1. The molecule has 0 unspecified atom stereocenters. The number of nitrogens with one attached hydrogen (secondary N) is 1. The zero-order valence-electron chi connectivity index (χ0n) is 11.2. The van der Waals surface area contributed by atoms with Crippen LogP contribution in [0.2, 0.25) is 0 Å². The lowest BCUT2D eigenvalue weighted by molar-refractivity contribution is 0.580.